The van der Waals surface area contributed by atoms with Gasteiger partial charge in [0.25, 0.3) is 5.91 Å². The predicted octanol–water partition coefficient (Wildman–Crippen LogP) is 4.57. The number of furan rings is 1. The van der Waals surface area contributed by atoms with Gasteiger partial charge in [-0.2, -0.15) is 13.2 Å². The number of nitrogens with zero attached hydrogens (tertiary/aromatic N) is 4. The van der Waals surface area contributed by atoms with Crippen molar-refractivity contribution in [1.82, 2.24) is 19.2 Å². The number of rotatable bonds is 3. The van der Waals surface area contributed by atoms with Crippen molar-refractivity contribution in [1.29, 1.82) is 0 Å². The molecule has 8 nitrogen and oxygen atoms in total. The summed E-state index contributed by atoms with van der Waals surface area (Å²) in [6, 6.07) is 2.41. The van der Waals surface area contributed by atoms with Gasteiger partial charge in [0.1, 0.15) is 11.8 Å². The van der Waals surface area contributed by atoms with E-state index in [0.29, 0.717) is 38.2 Å². The van der Waals surface area contributed by atoms with Gasteiger partial charge in [0.05, 0.1) is 24.6 Å². The van der Waals surface area contributed by atoms with Crippen LogP contribution in [0.2, 0.25) is 5.15 Å². The molecule has 0 bridgehead atoms. The van der Waals surface area contributed by atoms with Gasteiger partial charge in [0, 0.05) is 36.5 Å². The zero-order valence-corrected chi connectivity index (χ0v) is 18.8. The Morgan fingerprint density at radius 3 is 2.68 bits per heavy atom. The number of halogens is 4. The first kappa shape index (κ1) is 22.6. The van der Waals surface area contributed by atoms with Crippen molar-refractivity contribution in [3.05, 3.63) is 47.3 Å². The van der Waals surface area contributed by atoms with Crippen molar-refractivity contribution < 1.29 is 31.9 Å². The lowest BCUT2D eigenvalue weighted by Crippen LogP contribution is -2.52. The third-order valence-electron chi connectivity index (χ3n) is 6.36. The normalized spacial score (nSPS) is 21.4. The van der Waals surface area contributed by atoms with E-state index >= 15 is 0 Å². The molecule has 0 N–H and O–H groups in total. The maximum Gasteiger partial charge on any atom is 0.420 e. The van der Waals surface area contributed by atoms with Gasteiger partial charge in [-0.3, -0.25) is 9.20 Å². The number of likely N-dealkylation sites (tertiary alicyclic amines) is 1. The number of imidazole rings is 1. The standard InChI is InChI=1S/C22H20ClF3N4O4/c1-12-9-28(4-2-16(12)29-5-7-34-21(29)32)20(31)17-18(23)30-10-14(13-3-6-33-11-13)8-15(19(30)27-17)22(24,25)26/h3,6,8,10-12,16H,2,4-5,7,9H2,1H3/t12-,16-/m0/s1. The van der Waals surface area contributed by atoms with Crippen LogP contribution in [-0.4, -0.2) is 63.5 Å². The molecule has 0 spiro atoms. The van der Waals surface area contributed by atoms with Crippen molar-refractivity contribution in [3.63, 3.8) is 0 Å². The zero-order valence-electron chi connectivity index (χ0n) is 18.0. The molecule has 3 aromatic rings. The van der Waals surface area contributed by atoms with Crippen molar-refractivity contribution in [3.8, 4) is 11.1 Å². The molecule has 3 aromatic heterocycles. The first-order chi connectivity index (χ1) is 16.1. The van der Waals surface area contributed by atoms with Gasteiger partial charge < -0.3 is 19.0 Å². The van der Waals surface area contributed by atoms with Crippen molar-refractivity contribution in [2.24, 2.45) is 5.92 Å². The van der Waals surface area contributed by atoms with Crippen molar-refractivity contribution in [2.75, 3.05) is 26.2 Å². The van der Waals surface area contributed by atoms with Crippen LogP contribution < -0.4 is 0 Å². The number of aromatic nitrogens is 2. The first-order valence-corrected chi connectivity index (χ1v) is 11.1. The molecule has 5 heterocycles. The number of pyridine rings is 1. The minimum atomic E-state index is -4.72. The Labute approximate surface area is 196 Å². The van der Waals surface area contributed by atoms with E-state index in [0.717, 1.165) is 10.5 Å². The van der Waals surface area contributed by atoms with E-state index < -0.39 is 23.3 Å². The number of amides is 2. The molecular weight excluding hydrogens is 477 g/mol. The highest BCUT2D eigenvalue weighted by atomic mass is 35.5. The molecule has 2 amide bonds. The fourth-order valence-electron chi connectivity index (χ4n) is 4.69. The van der Waals surface area contributed by atoms with Crippen LogP contribution >= 0.6 is 11.6 Å². The van der Waals surface area contributed by atoms with E-state index in [1.165, 1.54) is 29.7 Å². The number of alkyl halides is 3. The molecule has 0 aliphatic carbocycles. The third-order valence-corrected chi connectivity index (χ3v) is 6.73. The predicted molar refractivity (Wildman–Crippen MR) is 114 cm³/mol. The summed E-state index contributed by atoms with van der Waals surface area (Å²) in [4.78, 5) is 32.4. The van der Waals surface area contributed by atoms with Crippen LogP contribution in [0.1, 0.15) is 29.4 Å². The number of carbonyl (C=O) groups excluding carboxylic acids is 2. The Kier molecular flexibility index (Phi) is 5.46. The summed E-state index contributed by atoms with van der Waals surface area (Å²) in [5, 5.41) is -0.200. The summed E-state index contributed by atoms with van der Waals surface area (Å²) in [6.45, 7) is 3.38. The SMILES string of the molecule is C[C@H]1CN(C(=O)c2nc3c(C(F)(F)F)cc(-c4ccoc4)cn3c2Cl)CC[C@@H]1N1CCOC1=O. The average molecular weight is 497 g/mol. The summed E-state index contributed by atoms with van der Waals surface area (Å²) in [7, 11) is 0. The maximum atomic E-state index is 13.9. The van der Waals surface area contributed by atoms with Crippen LogP contribution in [0, 0.1) is 5.92 Å². The highest BCUT2D eigenvalue weighted by Crippen LogP contribution is 2.37. The van der Waals surface area contributed by atoms with Gasteiger partial charge in [0.2, 0.25) is 0 Å². The van der Waals surface area contributed by atoms with Crippen LogP contribution in [0.5, 0.6) is 0 Å². The molecule has 5 rings (SSSR count). The molecule has 2 saturated heterocycles. The minimum Gasteiger partial charge on any atom is -0.472 e. The van der Waals surface area contributed by atoms with Crippen molar-refractivity contribution >= 4 is 29.2 Å². The average Bonchev–Trinajstić information content (AvgIpc) is 3.53. The monoisotopic (exact) mass is 496 g/mol. The summed E-state index contributed by atoms with van der Waals surface area (Å²) < 4.78 is 52.6. The smallest absolute Gasteiger partial charge is 0.420 e. The highest BCUT2D eigenvalue weighted by molar-refractivity contribution is 6.33. The number of carbonyl (C=O) groups is 2. The second kappa shape index (κ2) is 8.23. The minimum absolute atomic E-state index is 0.0578. The van der Waals surface area contributed by atoms with E-state index in [9.17, 15) is 22.8 Å². The van der Waals surface area contributed by atoms with Crippen LogP contribution in [0.3, 0.4) is 0 Å². The number of hydrogen-bond acceptors (Lipinski definition) is 5. The Morgan fingerprint density at radius 2 is 2.06 bits per heavy atom. The van der Waals surface area contributed by atoms with Gasteiger partial charge in [-0.1, -0.05) is 18.5 Å². The molecule has 2 atom stereocenters. The summed E-state index contributed by atoms with van der Waals surface area (Å²) in [6.07, 6.45) is -0.495. The Bertz CT molecular complexity index is 1260. The molecule has 34 heavy (non-hydrogen) atoms. The van der Waals surface area contributed by atoms with Crippen LogP contribution in [0.15, 0.2) is 35.3 Å². The van der Waals surface area contributed by atoms with E-state index in [-0.39, 0.29) is 34.5 Å². The Morgan fingerprint density at radius 1 is 1.26 bits per heavy atom. The number of cyclic esters (lactones) is 1. The molecule has 0 aromatic carbocycles. The lowest BCUT2D eigenvalue weighted by Gasteiger charge is -2.40. The molecule has 2 aliphatic heterocycles. The van der Waals surface area contributed by atoms with Gasteiger partial charge in [-0.05, 0) is 24.5 Å². The van der Waals surface area contributed by atoms with Gasteiger partial charge in [0.15, 0.2) is 11.3 Å². The van der Waals surface area contributed by atoms with E-state index in [4.69, 9.17) is 20.8 Å². The largest absolute Gasteiger partial charge is 0.472 e. The van der Waals surface area contributed by atoms with Crippen LogP contribution in [0.4, 0.5) is 18.0 Å². The molecular formula is C22H20ClF3N4O4. The van der Waals surface area contributed by atoms with Gasteiger partial charge >= 0.3 is 12.3 Å². The molecule has 0 saturated carbocycles. The molecule has 180 valence electrons. The third kappa shape index (κ3) is 3.77. The topological polar surface area (TPSA) is 80.3 Å². The van der Waals surface area contributed by atoms with E-state index in [1.807, 2.05) is 6.92 Å². The second-order valence-electron chi connectivity index (χ2n) is 8.49. The number of ether oxygens (including phenoxy) is 1. The van der Waals surface area contributed by atoms with E-state index in [1.54, 1.807) is 4.90 Å². The van der Waals surface area contributed by atoms with Crippen molar-refractivity contribution in [2.45, 2.75) is 25.6 Å². The molecule has 2 fully saturated rings. The van der Waals surface area contributed by atoms with Gasteiger partial charge in [-0.25, -0.2) is 9.78 Å². The fourth-order valence-corrected chi connectivity index (χ4v) is 4.94. The summed E-state index contributed by atoms with van der Waals surface area (Å²) in [5.74, 6) is -0.612. The molecule has 2 aliphatic rings. The number of fused-ring (bicyclic) bond motifs is 1. The highest BCUT2D eigenvalue weighted by Gasteiger charge is 2.40. The zero-order chi connectivity index (χ0) is 24.2. The second-order valence-corrected chi connectivity index (χ2v) is 8.85. The lowest BCUT2D eigenvalue weighted by molar-refractivity contribution is -0.136. The van der Waals surface area contributed by atoms with Crippen LogP contribution in [-0.2, 0) is 10.9 Å². The molecule has 0 unspecified atom stereocenters. The Hall–Kier alpha value is -3.21. The molecule has 0 radical (unpaired) electrons. The van der Waals surface area contributed by atoms with E-state index in [2.05, 4.69) is 4.98 Å². The number of hydrogen-bond donors (Lipinski definition) is 0. The first-order valence-electron chi connectivity index (χ1n) is 10.7. The summed E-state index contributed by atoms with van der Waals surface area (Å²) in [5.41, 5.74) is -1.05. The summed E-state index contributed by atoms with van der Waals surface area (Å²) >= 11 is 6.41. The van der Waals surface area contributed by atoms with Crippen LogP contribution in [0.25, 0.3) is 16.8 Å². The fraction of sp³-hybridized carbons (Fsp3) is 0.409. The lowest BCUT2D eigenvalue weighted by atomic mass is 9.92. The van der Waals surface area contributed by atoms with Gasteiger partial charge in [-0.15, -0.1) is 0 Å². The quantitative estimate of drug-likeness (QED) is 0.530. The Balaban J connectivity index is 1.48. The molecule has 12 heteroatoms. The maximum absolute atomic E-state index is 13.9. The number of piperidine rings is 1.